The molecule has 0 spiro atoms. The van der Waals surface area contributed by atoms with Gasteiger partial charge in [-0.3, -0.25) is 13.9 Å². The molecular weight excluding hydrogens is 360 g/mol. The topological polar surface area (TPSA) is 114 Å². The highest BCUT2D eigenvalue weighted by Gasteiger charge is 2.32. The summed E-state index contributed by atoms with van der Waals surface area (Å²) in [7, 11) is -3.32. The number of aromatic nitrogens is 3. The zero-order valence-corrected chi connectivity index (χ0v) is 15.5. The van der Waals surface area contributed by atoms with E-state index in [0.717, 1.165) is 0 Å². The van der Waals surface area contributed by atoms with Crippen molar-refractivity contribution in [2.24, 2.45) is 0 Å². The van der Waals surface area contributed by atoms with Crippen LogP contribution >= 0.6 is 0 Å². The lowest BCUT2D eigenvalue weighted by molar-refractivity contribution is -0.137. The molecule has 3 heterocycles. The number of rotatable bonds is 5. The Morgan fingerprint density at radius 1 is 1.35 bits per heavy atom. The van der Waals surface area contributed by atoms with E-state index in [0.29, 0.717) is 37.1 Å². The van der Waals surface area contributed by atoms with Crippen LogP contribution in [0.15, 0.2) is 23.1 Å². The van der Waals surface area contributed by atoms with Gasteiger partial charge in [-0.05, 0) is 38.8 Å². The molecule has 0 saturated carbocycles. The number of imidazole rings is 1. The Kier molecular flexibility index (Phi) is 4.89. The van der Waals surface area contributed by atoms with Crippen LogP contribution in [0.2, 0.25) is 0 Å². The number of nitrogens with zero attached hydrogens (tertiary/aromatic N) is 4. The van der Waals surface area contributed by atoms with Gasteiger partial charge in [0.25, 0.3) is 0 Å². The minimum atomic E-state index is -3.32. The van der Waals surface area contributed by atoms with E-state index in [2.05, 4.69) is 4.98 Å². The Bertz CT molecular complexity index is 984. The first kappa shape index (κ1) is 18.6. The number of fused-ring (bicyclic) bond motifs is 1. The van der Waals surface area contributed by atoms with Crippen molar-refractivity contribution in [2.75, 3.05) is 13.1 Å². The lowest BCUT2D eigenvalue weighted by Crippen LogP contribution is -2.43. The van der Waals surface area contributed by atoms with E-state index in [-0.39, 0.29) is 6.04 Å². The number of hydrogen-bond donors (Lipinski definition) is 1. The number of carboxylic acids is 1. The highest BCUT2D eigenvalue weighted by Crippen LogP contribution is 2.27. The van der Waals surface area contributed by atoms with Crippen LogP contribution in [0.5, 0.6) is 0 Å². The lowest BCUT2D eigenvalue weighted by atomic mass is 10.1. The molecule has 2 aromatic heterocycles. The SMILES string of the molecule is CC(C)S(=O)(=O)N1CCC(n2c(=O)n(CC(=O)O)c3cccnc32)CC1. The minimum Gasteiger partial charge on any atom is -0.480 e. The average molecular weight is 382 g/mol. The first-order chi connectivity index (χ1) is 12.2. The van der Waals surface area contributed by atoms with Crippen molar-refractivity contribution in [1.29, 1.82) is 0 Å². The van der Waals surface area contributed by atoms with Crippen molar-refractivity contribution in [2.45, 2.75) is 44.5 Å². The van der Waals surface area contributed by atoms with E-state index in [1.165, 1.54) is 13.4 Å². The molecule has 0 amide bonds. The molecule has 1 aliphatic rings. The standard InChI is InChI=1S/C16H22N4O5S/c1-11(2)26(24,25)18-8-5-12(6-9-18)20-15-13(4-3-7-17-15)19(16(20)23)10-14(21)22/h3-4,7,11-12H,5-6,8-10H2,1-2H3,(H,21,22). The quantitative estimate of drug-likeness (QED) is 0.812. The fraction of sp³-hybridized carbons (Fsp3) is 0.562. The van der Waals surface area contributed by atoms with E-state index in [1.807, 2.05) is 0 Å². The van der Waals surface area contributed by atoms with Crippen LogP contribution in [0.25, 0.3) is 11.2 Å². The number of carboxylic acid groups (broad SMARTS) is 1. The van der Waals surface area contributed by atoms with E-state index in [1.54, 1.807) is 32.2 Å². The Morgan fingerprint density at radius 2 is 2.00 bits per heavy atom. The molecule has 0 radical (unpaired) electrons. The minimum absolute atomic E-state index is 0.214. The van der Waals surface area contributed by atoms with Crippen LogP contribution in [0.1, 0.15) is 32.7 Å². The summed E-state index contributed by atoms with van der Waals surface area (Å²) in [6.07, 6.45) is 2.52. The smallest absolute Gasteiger partial charge is 0.331 e. The highest BCUT2D eigenvalue weighted by atomic mass is 32.2. The summed E-state index contributed by atoms with van der Waals surface area (Å²) in [6, 6.07) is 3.11. The number of sulfonamides is 1. The lowest BCUT2D eigenvalue weighted by Gasteiger charge is -2.32. The Hall–Kier alpha value is -2.20. The maximum atomic E-state index is 12.8. The summed E-state index contributed by atoms with van der Waals surface area (Å²) in [5, 5.41) is 8.60. The largest absolute Gasteiger partial charge is 0.480 e. The van der Waals surface area contributed by atoms with Crippen molar-refractivity contribution in [3.8, 4) is 0 Å². The van der Waals surface area contributed by atoms with Crippen molar-refractivity contribution in [1.82, 2.24) is 18.4 Å². The molecule has 0 unspecified atom stereocenters. The van der Waals surface area contributed by atoms with Gasteiger partial charge in [0, 0.05) is 25.3 Å². The van der Waals surface area contributed by atoms with Gasteiger partial charge in [-0.1, -0.05) is 0 Å². The first-order valence-electron chi connectivity index (χ1n) is 8.50. The van der Waals surface area contributed by atoms with Crippen LogP contribution in [0.4, 0.5) is 0 Å². The molecule has 9 nitrogen and oxygen atoms in total. The third-order valence-corrected chi connectivity index (χ3v) is 7.04. The van der Waals surface area contributed by atoms with Crippen molar-refractivity contribution >= 4 is 27.2 Å². The number of pyridine rings is 1. The fourth-order valence-corrected chi connectivity index (χ4v) is 4.69. The Balaban J connectivity index is 1.94. The predicted octanol–water partition coefficient (Wildman–Crippen LogP) is 0.658. The molecule has 3 rings (SSSR count). The Morgan fingerprint density at radius 3 is 2.58 bits per heavy atom. The van der Waals surface area contributed by atoms with E-state index in [9.17, 15) is 18.0 Å². The molecular formula is C16H22N4O5S. The molecule has 1 N–H and O–H groups in total. The summed E-state index contributed by atoms with van der Waals surface area (Å²) < 4.78 is 28.8. The summed E-state index contributed by atoms with van der Waals surface area (Å²) in [4.78, 5) is 28.2. The van der Waals surface area contributed by atoms with Gasteiger partial charge in [-0.15, -0.1) is 0 Å². The van der Waals surface area contributed by atoms with E-state index >= 15 is 0 Å². The maximum Gasteiger partial charge on any atom is 0.331 e. The number of hydrogen-bond acceptors (Lipinski definition) is 5. The van der Waals surface area contributed by atoms with Gasteiger partial charge >= 0.3 is 11.7 Å². The molecule has 1 saturated heterocycles. The second-order valence-electron chi connectivity index (χ2n) is 6.70. The average Bonchev–Trinajstić information content (AvgIpc) is 2.87. The molecule has 0 atom stereocenters. The molecule has 2 aromatic rings. The summed E-state index contributed by atoms with van der Waals surface area (Å²) in [5.41, 5.74) is 0.479. The van der Waals surface area contributed by atoms with Crippen LogP contribution in [0, 0.1) is 0 Å². The van der Waals surface area contributed by atoms with Gasteiger partial charge < -0.3 is 5.11 Å². The molecule has 1 fully saturated rings. The van der Waals surface area contributed by atoms with Crippen LogP contribution in [-0.2, 0) is 21.4 Å². The molecule has 26 heavy (non-hydrogen) atoms. The van der Waals surface area contributed by atoms with Gasteiger partial charge in [0.05, 0.1) is 10.8 Å². The van der Waals surface area contributed by atoms with Gasteiger partial charge in [-0.25, -0.2) is 22.5 Å². The predicted molar refractivity (Wildman–Crippen MR) is 95.5 cm³/mol. The molecule has 0 aromatic carbocycles. The van der Waals surface area contributed by atoms with Gasteiger partial charge in [0.2, 0.25) is 10.0 Å². The Labute approximate surface area is 150 Å². The van der Waals surface area contributed by atoms with Gasteiger partial charge in [0.1, 0.15) is 6.54 Å². The number of aliphatic carboxylic acids is 1. The van der Waals surface area contributed by atoms with Crippen LogP contribution in [0.3, 0.4) is 0 Å². The second-order valence-corrected chi connectivity index (χ2v) is 9.19. The maximum absolute atomic E-state index is 12.8. The van der Waals surface area contributed by atoms with Gasteiger partial charge in [-0.2, -0.15) is 0 Å². The zero-order valence-electron chi connectivity index (χ0n) is 14.7. The molecule has 0 bridgehead atoms. The van der Waals surface area contributed by atoms with Crippen molar-refractivity contribution in [3.05, 3.63) is 28.8 Å². The van der Waals surface area contributed by atoms with E-state index in [4.69, 9.17) is 5.11 Å². The van der Waals surface area contributed by atoms with Crippen molar-refractivity contribution in [3.63, 3.8) is 0 Å². The summed E-state index contributed by atoms with van der Waals surface area (Å²) >= 11 is 0. The third-order valence-electron chi connectivity index (χ3n) is 4.76. The second kappa shape index (κ2) is 6.84. The molecule has 1 aliphatic heterocycles. The van der Waals surface area contributed by atoms with Crippen LogP contribution < -0.4 is 5.69 Å². The highest BCUT2D eigenvalue weighted by molar-refractivity contribution is 7.89. The number of piperidine rings is 1. The normalized spacial score (nSPS) is 17.2. The molecule has 142 valence electrons. The van der Waals surface area contributed by atoms with E-state index < -0.39 is 33.5 Å². The first-order valence-corrected chi connectivity index (χ1v) is 10.00. The third kappa shape index (κ3) is 3.14. The molecule has 0 aliphatic carbocycles. The number of carbonyl (C=O) groups is 1. The summed E-state index contributed by atoms with van der Waals surface area (Å²) in [6.45, 7) is 3.52. The fourth-order valence-electron chi connectivity index (χ4n) is 3.38. The van der Waals surface area contributed by atoms with Crippen molar-refractivity contribution < 1.29 is 18.3 Å². The van der Waals surface area contributed by atoms with Crippen LogP contribution in [-0.4, -0.2) is 56.3 Å². The van der Waals surface area contributed by atoms with Gasteiger partial charge in [0.15, 0.2) is 5.65 Å². The summed E-state index contributed by atoms with van der Waals surface area (Å²) in [5.74, 6) is -1.10. The zero-order chi connectivity index (χ0) is 19.1. The monoisotopic (exact) mass is 382 g/mol. The molecule has 10 heteroatoms.